The number of thiophene rings is 4. The Hall–Kier alpha value is -4.42. The third kappa shape index (κ3) is 4.34. The Balaban J connectivity index is 1.43. The highest BCUT2D eigenvalue weighted by molar-refractivity contribution is 7.29. The highest BCUT2D eigenvalue weighted by Crippen LogP contribution is 2.62. The second-order valence-corrected chi connectivity index (χ2v) is 15.6. The standard InChI is InChI=1S/C34H24N4O2S4/c1-33(2)21(29-23(39-7)11-19(41-29)9-17(15-35)37-5)13-25-27(33)31-32(43-25)28-26(44-31)14-22(34(28,3)4)30-24(40-8)12-20(42-30)10-18(16-36)38-6/h9-14H,1-4,7-8H3/b17-9-,18-10+. The lowest BCUT2D eigenvalue weighted by molar-refractivity contribution is 0.415. The summed E-state index contributed by atoms with van der Waals surface area (Å²) in [6.45, 7) is 23.5. The second kappa shape index (κ2) is 10.6. The molecule has 0 aliphatic heterocycles. The zero-order valence-corrected chi connectivity index (χ0v) is 28.0. The predicted molar refractivity (Wildman–Crippen MR) is 184 cm³/mol. The van der Waals surface area contributed by atoms with Gasteiger partial charge in [0.1, 0.15) is 11.5 Å². The quantitative estimate of drug-likeness (QED) is 0.154. The van der Waals surface area contributed by atoms with E-state index in [2.05, 4.69) is 49.5 Å². The molecule has 0 radical (unpaired) electrons. The van der Waals surface area contributed by atoms with E-state index in [1.54, 1.807) is 49.0 Å². The van der Waals surface area contributed by atoms with Crippen LogP contribution in [0.4, 0.5) is 0 Å². The molecule has 2 aliphatic rings. The van der Waals surface area contributed by atoms with E-state index in [0.717, 1.165) is 31.0 Å². The van der Waals surface area contributed by atoms with Gasteiger partial charge in [-0.2, -0.15) is 0 Å². The minimum atomic E-state index is -0.278. The van der Waals surface area contributed by atoms with Gasteiger partial charge in [-0.25, -0.2) is 20.2 Å². The number of hydrogen-bond acceptors (Lipinski definition) is 8. The summed E-state index contributed by atoms with van der Waals surface area (Å²) in [4.78, 5) is 12.8. The fourth-order valence-corrected chi connectivity index (χ4v) is 11.9. The summed E-state index contributed by atoms with van der Waals surface area (Å²) in [5.41, 5.74) is 4.54. The van der Waals surface area contributed by atoms with E-state index in [1.807, 2.05) is 46.9 Å². The van der Waals surface area contributed by atoms with Crippen LogP contribution in [0.15, 0.2) is 23.5 Å². The summed E-state index contributed by atoms with van der Waals surface area (Å²) in [6.07, 6.45) is 7.79. The van der Waals surface area contributed by atoms with Crippen molar-refractivity contribution in [2.24, 2.45) is 0 Å². The van der Waals surface area contributed by atoms with E-state index < -0.39 is 0 Å². The first-order valence-electron chi connectivity index (χ1n) is 13.4. The van der Waals surface area contributed by atoms with Gasteiger partial charge in [0, 0.05) is 30.3 Å². The van der Waals surface area contributed by atoms with E-state index in [0.29, 0.717) is 0 Å². The molecule has 0 saturated heterocycles. The minimum absolute atomic E-state index is 0.0484. The number of fused-ring (bicyclic) bond motifs is 5. The molecule has 6 nitrogen and oxygen atoms in total. The monoisotopic (exact) mass is 648 g/mol. The van der Waals surface area contributed by atoms with Gasteiger partial charge < -0.3 is 9.47 Å². The van der Waals surface area contributed by atoms with Crippen LogP contribution in [0.1, 0.15) is 68.1 Å². The largest absolute Gasteiger partial charge is 0.495 e. The molecule has 0 N–H and O–H groups in total. The Labute approximate surface area is 272 Å². The van der Waals surface area contributed by atoms with Gasteiger partial charge in [0.15, 0.2) is 0 Å². The highest BCUT2D eigenvalue weighted by Gasteiger charge is 2.44. The van der Waals surface area contributed by atoms with E-state index >= 15 is 0 Å². The van der Waals surface area contributed by atoms with Gasteiger partial charge in [-0.3, -0.25) is 0 Å². The van der Waals surface area contributed by atoms with Crippen LogP contribution in [0.5, 0.6) is 11.5 Å². The van der Waals surface area contributed by atoms with Gasteiger partial charge in [-0.15, -0.1) is 45.3 Å². The second-order valence-electron chi connectivity index (χ2n) is 11.3. The van der Waals surface area contributed by atoms with Gasteiger partial charge >= 0.3 is 0 Å². The maximum absolute atomic E-state index is 9.25. The minimum Gasteiger partial charge on any atom is -0.495 e. The average Bonchev–Trinajstić information content (AvgIpc) is 3.81. The molecule has 0 amide bonds. The Morgan fingerprint density at radius 3 is 1.43 bits per heavy atom. The summed E-state index contributed by atoms with van der Waals surface area (Å²) < 4.78 is 14.1. The Bertz CT molecular complexity index is 2010. The van der Waals surface area contributed by atoms with Crippen molar-refractivity contribution >= 4 is 90.2 Å². The van der Waals surface area contributed by atoms with Crippen LogP contribution in [-0.4, -0.2) is 14.2 Å². The highest BCUT2D eigenvalue weighted by atomic mass is 32.1. The molecule has 0 spiro atoms. The number of hydrogen-bond donors (Lipinski definition) is 0. The molecule has 216 valence electrons. The van der Waals surface area contributed by atoms with Crippen LogP contribution in [0, 0.1) is 35.8 Å². The van der Waals surface area contributed by atoms with Crippen molar-refractivity contribution in [1.82, 2.24) is 0 Å². The van der Waals surface area contributed by atoms with Crippen LogP contribution >= 0.6 is 45.3 Å². The summed E-state index contributed by atoms with van der Waals surface area (Å²) in [5.74, 6) is 1.49. The van der Waals surface area contributed by atoms with Crippen LogP contribution in [-0.2, 0) is 10.8 Å². The molecule has 0 aromatic carbocycles. The van der Waals surface area contributed by atoms with Gasteiger partial charge in [-0.05, 0) is 58.7 Å². The maximum Gasteiger partial charge on any atom is 0.263 e. The number of nitrogens with zero attached hydrogens (tertiary/aromatic N) is 4. The first-order chi connectivity index (χ1) is 21.0. The summed E-state index contributed by atoms with van der Waals surface area (Å²) in [7, 11) is 3.31. The lowest BCUT2D eigenvalue weighted by Crippen LogP contribution is -2.16. The van der Waals surface area contributed by atoms with Crippen molar-refractivity contribution in [1.29, 1.82) is 10.5 Å². The first-order valence-corrected chi connectivity index (χ1v) is 16.7. The lowest BCUT2D eigenvalue weighted by Gasteiger charge is -2.25. The average molecular weight is 649 g/mol. The molecule has 4 aromatic rings. The van der Waals surface area contributed by atoms with Crippen LogP contribution in [0.3, 0.4) is 0 Å². The van der Waals surface area contributed by atoms with Gasteiger partial charge in [-0.1, -0.05) is 27.7 Å². The molecule has 0 atom stereocenters. The Morgan fingerprint density at radius 2 is 1.11 bits per heavy atom. The summed E-state index contributed by atoms with van der Waals surface area (Å²) in [5, 5.41) is 18.5. The lowest BCUT2D eigenvalue weighted by atomic mass is 9.79. The molecule has 0 unspecified atom stereocenters. The van der Waals surface area contributed by atoms with Gasteiger partial charge in [0.25, 0.3) is 11.4 Å². The van der Waals surface area contributed by atoms with E-state index in [4.69, 9.17) is 22.6 Å². The number of ether oxygens (including phenoxy) is 2. The molecule has 6 rings (SSSR count). The van der Waals surface area contributed by atoms with E-state index in [9.17, 15) is 10.5 Å². The van der Waals surface area contributed by atoms with Crippen LogP contribution < -0.4 is 9.47 Å². The fraction of sp³-hybridized carbons (Fsp3) is 0.235. The number of methoxy groups -OCH3 is 2. The predicted octanol–water partition coefficient (Wildman–Crippen LogP) is 10.3. The molecule has 4 heterocycles. The van der Waals surface area contributed by atoms with Crippen molar-refractivity contribution in [3.05, 3.63) is 86.8 Å². The summed E-state index contributed by atoms with van der Waals surface area (Å²) >= 11 is 6.74. The number of nitriles is 2. The van der Waals surface area contributed by atoms with Crippen molar-refractivity contribution in [2.75, 3.05) is 14.2 Å². The van der Waals surface area contributed by atoms with Crippen LogP contribution in [0.25, 0.3) is 54.5 Å². The van der Waals surface area contributed by atoms with Crippen molar-refractivity contribution < 1.29 is 9.47 Å². The number of rotatable bonds is 6. The third-order valence-corrected chi connectivity index (χ3v) is 12.7. The van der Waals surface area contributed by atoms with Gasteiger partial charge in [0.2, 0.25) is 0 Å². The van der Waals surface area contributed by atoms with Crippen molar-refractivity contribution in [3.63, 3.8) is 0 Å². The third-order valence-electron chi connectivity index (χ3n) is 8.12. The molecule has 44 heavy (non-hydrogen) atoms. The SMILES string of the molecule is [C-]#[N+]/C(C#N)=C\c1cc(OC)c(C2=Cc3sc4c5c(sc4c3C2(C)C)C=C(c2sc(/C=C(\C#N)[N+]#[C-])cc2OC)C5(C)C)s1. The van der Waals surface area contributed by atoms with Crippen molar-refractivity contribution in [3.8, 4) is 23.6 Å². The zero-order valence-electron chi connectivity index (χ0n) is 24.7. The smallest absolute Gasteiger partial charge is 0.263 e. The Kier molecular flexibility index (Phi) is 7.16. The maximum atomic E-state index is 9.25. The molecular weight excluding hydrogens is 625 g/mol. The molecule has 0 saturated carbocycles. The number of allylic oxidation sites excluding steroid dienone is 4. The van der Waals surface area contributed by atoms with Crippen LogP contribution in [0.2, 0.25) is 0 Å². The molecule has 4 aromatic heterocycles. The van der Waals surface area contributed by atoms with Crippen molar-refractivity contribution in [2.45, 2.75) is 38.5 Å². The zero-order chi connectivity index (χ0) is 31.6. The molecular formula is C34H24N4O2S4. The fourth-order valence-electron chi connectivity index (χ4n) is 6.00. The van der Waals surface area contributed by atoms with Gasteiger partial charge in [0.05, 0.1) is 58.7 Å². The molecule has 2 aliphatic carbocycles. The molecule has 10 heteroatoms. The van der Waals surface area contributed by atoms with E-state index in [1.165, 1.54) is 41.4 Å². The van der Waals surface area contributed by atoms with E-state index in [-0.39, 0.29) is 22.2 Å². The molecule has 0 fully saturated rings. The first kappa shape index (κ1) is 29.6. The topological polar surface area (TPSA) is 74.8 Å². The Morgan fingerprint density at radius 1 is 0.727 bits per heavy atom. The summed E-state index contributed by atoms with van der Waals surface area (Å²) in [6, 6.07) is 7.70. The molecule has 0 bridgehead atoms. The normalized spacial score (nSPS) is 16.3.